The Morgan fingerprint density at radius 3 is 2.25 bits per heavy atom. The van der Waals surface area contributed by atoms with Crippen LogP contribution in [0.15, 0.2) is 0 Å². The molecule has 0 aliphatic rings. The normalized spacial score (nSPS) is 14.4. The lowest BCUT2D eigenvalue weighted by molar-refractivity contribution is 0.464. The average Bonchev–Trinajstić information content (AvgIpc) is 1.96. The molecule has 0 aromatic carbocycles. The fraction of sp³-hybridized carbons (Fsp3) is 1.00. The van der Waals surface area contributed by atoms with E-state index in [0.29, 0.717) is 5.41 Å². The minimum absolute atomic E-state index is 0.482. The molecule has 0 rings (SSSR count). The molecule has 1 unspecified atom stereocenters. The van der Waals surface area contributed by atoms with Crippen molar-refractivity contribution in [3.05, 3.63) is 0 Å². The Hall–Kier alpha value is 0.0649. The van der Waals surface area contributed by atoms with Crippen molar-refractivity contribution in [2.75, 3.05) is 0 Å². The summed E-state index contributed by atoms with van der Waals surface area (Å²) in [6.07, 6.45) is 5.24. The smallest absolute Gasteiger partial charge is 0.0800 e. The Bertz CT molecular complexity index is 102. The van der Waals surface area contributed by atoms with E-state index >= 15 is 0 Å². The molecule has 0 saturated carbocycles. The lowest BCUT2D eigenvalue weighted by atomic mass is 9.61. The molecule has 0 amide bonds. The molecule has 0 aromatic rings. The molecule has 12 heavy (non-hydrogen) atoms. The Labute approximate surface area is 79.4 Å². The number of hydrogen-bond donors (Lipinski definition) is 0. The summed E-state index contributed by atoms with van der Waals surface area (Å²) in [5, 5.41) is 0. The highest BCUT2D eigenvalue weighted by molar-refractivity contribution is 6.35. The fourth-order valence-corrected chi connectivity index (χ4v) is 1.14. The van der Waals surface area contributed by atoms with Crippen molar-refractivity contribution in [1.29, 1.82) is 0 Å². The monoisotopic (exact) mass is 167 g/mol. The lowest BCUT2D eigenvalue weighted by Crippen LogP contribution is -2.08. The van der Waals surface area contributed by atoms with Gasteiger partial charge in [0.15, 0.2) is 0 Å². The molecule has 1 heteroatoms. The van der Waals surface area contributed by atoms with E-state index in [0.717, 1.165) is 5.92 Å². The predicted molar refractivity (Wildman–Crippen MR) is 58.9 cm³/mol. The zero-order valence-electron chi connectivity index (χ0n) is 9.48. The summed E-state index contributed by atoms with van der Waals surface area (Å²) in [6.45, 7) is 11.5. The van der Waals surface area contributed by atoms with Crippen LogP contribution in [0.5, 0.6) is 0 Å². The van der Waals surface area contributed by atoms with Crippen molar-refractivity contribution < 1.29 is 0 Å². The molecule has 0 N–H and O–H groups in total. The summed E-state index contributed by atoms with van der Waals surface area (Å²) in [5.41, 5.74) is 0.482. The van der Waals surface area contributed by atoms with Gasteiger partial charge < -0.3 is 0 Å². The summed E-state index contributed by atoms with van der Waals surface area (Å²) in [4.78, 5) is 0. The van der Waals surface area contributed by atoms with Gasteiger partial charge in [-0.15, -0.1) is 0 Å². The predicted octanol–water partition coefficient (Wildman–Crippen LogP) is 4.01. The van der Waals surface area contributed by atoms with Crippen LogP contribution in [0.4, 0.5) is 0 Å². The molecule has 0 aliphatic carbocycles. The van der Waals surface area contributed by atoms with E-state index in [1.807, 2.05) is 0 Å². The van der Waals surface area contributed by atoms with Gasteiger partial charge in [0.2, 0.25) is 0 Å². The topological polar surface area (TPSA) is 0 Å². The zero-order chi connectivity index (χ0) is 9.61. The van der Waals surface area contributed by atoms with Crippen molar-refractivity contribution in [3.63, 3.8) is 0 Å². The van der Waals surface area contributed by atoms with Gasteiger partial charge in [0.1, 0.15) is 7.28 Å². The van der Waals surface area contributed by atoms with Gasteiger partial charge in [0.25, 0.3) is 0 Å². The molecular formula is C11H24B. The highest BCUT2D eigenvalue weighted by atomic mass is 14.1. The maximum absolute atomic E-state index is 2.45. The molecule has 0 aliphatic heterocycles. The molecule has 0 nitrogen and oxygen atoms in total. The van der Waals surface area contributed by atoms with Gasteiger partial charge in [-0.05, 0) is 11.3 Å². The van der Waals surface area contributed by atoms with Gasteiger partial charge in [-0.3, -0.25) is 0 Å². The van der Waals surface area contributed by atoms with E-state index in [1.54, 1.807) is 0 Å². The van der Waals surface area contributed by atoms with E-state index < -0.39 is 0 Å². The van der Waals surface area contributed by atoms with Crippen LogP contribution in [0, 0.1) is 11.3 Å². The standard InChI is InChI=1S/C11H24B/c1-6-10(2)7-8-12-9-11(3,4)5/h10H,6-9H2,1-5H3. The van der Waals surface area contributed by atoms with Crippen LogP contribution in [0.3, 0.4) is 0 Å². The Morgan fingerprint density at radius 2 is 1.83 bits per heavy atom. The second kappa shape index (κ2) is 5.67. The summed E-state index contributed by atoms with van der Waals surface area (Å²) < 4.78 is 0. The zero-order valence-corrected chi connectivity index (χ0v) is 9.48. The molecule has 71 valence electrons. The highest BCUT2D eigenvalue weighted by Crippen LogP contribution is 2.20. The first-order chi connectivity index (χ1) is 5.45. The summed E-state index contributed by atoms with van der Waals surface area (Å²) in [5.74, 6) is 0.904. The van der Waals surface area contributed by atoms with Crippen molar-refractivity contribution in [3.8, 4) is 0 Å². The molecule has 0 heterocycles. The van der Waals surface area contributed by atoms with Crippen LogP contribution in [-0.2, 0) is 0 Å². The third-order valence-electron chi connectivity index (χ3n) is 2.32. The Balaban J connectivity index is 3.22. The SMILES string of the molecule is CCC(C)CC[B]CC(C)(C)C. The van der Waals surface area contributed by atoms with Gasteiger partial charge in [-0.2, -0.15) is 0 Å². The van der Waals surface area contributed by atoms with Gasteiger partial charge in [0.05, 0.1) is 0 Å². The Morgan fingerprint density at radius 1 is 1.25 bits per heavy atom. The highest BCUT2D eigenvalue weighted by Gasteiger charge is 2.09. The Kier molecular flexibility index (Phi) is 5.70. The summed E-state index contributed by atoms with van der Waals surface area (Å²) in [6, 6.07) is 0. The van der Waals surface area contributed by atoms with Crippen LogP contribution in [0.1, 0.15) is 47.5 Å². The van der Waals surface area contributed by atoms with Crippen LogP contribution >= 0.6 is 0 Å². The first kappa shape index (κ1) is 12.1. The van der Waals surface area contributed by atoms with E-state index in [1.165, 1.54) is 25.5 Å². The van der Waals surface area contributed by atoms with E-state index in [4.69, 9.17) is 0 Å². The second-order valence-electron chi connectivity index (χ2n) is 5.14. The van der Waals surface area contributed by atoms with Gasteiger partial charge in [-0.1, -0.05) is 60.1 Å². The maximum Gasteiger partial charge on any atom is 0.110 e. The average molecular weight is 167 g/mol. The maximum atomic E-state index is 2.45. The van der Waals surface area contributed by atoms with Crippen molar-refractivity contribution in [1.82, 2.24) is 0 Å². The molecule has 1 radical (unpaired) electrons. The third-order valence-corrected chi connectivity index (χ3v) is 2.32. The van der Waals surface area contributed by atoms with E-state index in [2.05, 4.69) is 41.9 Å². The first-order valence-corrected chi connectivity index (χ1v) is 5.27. The molecular weight excluding hydrogens is 143 g/mol. The number of rotatable bonds is 5. The van der Waals surface area contributed by atoms with E-state index in [9.17, 15) is 0 Å². The van der Waals surface area contributed by atoms with Crippen LogP contribution in [0.2, 0.25) is 12.6 Å². The van der Waals surface area contributed by atoms with Crippen LogP contribution in [0.25, 0.3) is 0 Å². The molecule has 0 saturated heterocycles. The third kappa shape index (κ3) is 8.16. The number of hydrogen-bond acceptors (Lipinski definition) is 0. The minimum Gasteiger partial charge on any atom is -0.0800 e. The molecule has 0 aromatic heterocycles. The molecule has 0 fully saturated rings. The second-order valence-corrected chi connectivity index (χ2v) is 5.14. The molecule has 0 bridgehead atoms. The van der Waals surface area contributed by atoms with E-state index in [-0.39, 0.29) is 0 Å². The summed E-state index contributed by atoms with van der Waals surface area (Å²) >= 11 is 0. The largest absolute Gasteiger partial charge is 0.110 e. The molecule has 1 atom stereocenters. The fourth-order valence-electron chi connectivity index (χ4n) is 1.14. The van der Waals surface area contributed by atoms with Crippen LogP contribution in [-0.4, -0.2) is 7.28 Å². The van der Waals surface area contributed by atoms with Gasteiger partial charge in [-0.25, -0.2) is 0 Å². The van der Waals surface area contributed by atoms with Crippen molar-refractivity contribution in [2.24, 2.45) is 11.3 Å². The summed E-state index contributed by atoms with van der Waals surface area (Å²) in [7, 11) is 2.45. The van der Waals surface area contributed by atoms with Gasteiger partial charge in [0, 0.05) is 0 Å². The lowest BCUT2D eigenvalue weighted by Gasteiger charge is -2.17. The first-order valence-electron chi connectivity index (χ1n) is 5.27. The van der Waals surface area contributed by atoms with Crippen LogP contribution < -0.4 is 0 Å². The minimum atomic E-state index is 0.482. The van der Waals surface area contributed by atoms with Crippen molar-refractivity contribution >= 4 is 7.28 Å². The van der Waals surface area contributed by atoms with Gasteiger partial charge >= 0.3 is 0 Å². The molecule has 0 spiro atoms. The quantitative estimate of drug-likeness (QED) is 0.428. The van der Waals surface area contributed by atoms with Crippen molar-refractivity contribution in [2.45, 2.75) is 60.1 Å².